The van der Waals surface area contributed by atoms with Gasteiger partial charge in [-0.15, -0.1) is 0 Å². The highest BCUT2D eigenvalue weighted by Crippen LogP contribution is 2.30. The number of aromatic nitrogens is 2. The zero-order chi connectivity index (χ0) is 12.8. The van der Waals surface area contributed by atoms with Gasteiger partial charge >= 0.3 is 0 Å². The Balaban J connectivity index is 2.20. The van der Waals surface area contributed by atoms with Crippen LogP contribution in [0.1, 0.15) is 13.8 Å². The number of nitrogens with zero attached hydrogens (tertiary/aromatic N) is 3. The van der Waals surface area contributed by atoms with E-state index < -0.39 is 15.6 Å². The van der Waals surface area contributed by atoms with Crippen molar-refractivity contribution < 1.29 is 8.42 Å². The fourth-order valence-electron chi connectivity index (χ4n) is 1.89. The van der Waals surface area contributed by atoms with Crippen LogP contribution in [0.4, 0.5) is 0 Å². The summed E-state index contributed by atoms with van der Waals surface area (Å²) in [6, 6.07) is 1.50. The second kappa shape index (κ2) is 3.79. The predicted molar refractivity (Wildman–Crippen MR) is 63.7 cm³/mol. The van der Waals surface area contributed by atoms with E-state index in [0.29, 0.717) is 13.1 Å². The van der Waals surface area contributed by atoms with Crippen LogP contribution in [0, 0.1) is 5.92 Å². The van der Waals surface area contributed by atoms with Gasteiger partial charge in [-0.2, -0.15) is 9.40 Å². The van der Waals surface area contributed by atoms with Gasteiger partial charge in [0, 0.05) is 25.7 Å². The molecule has 0 saturated carbocycles. The number of hydrogen-bond donors (Lipinski definition) is 1. The van der Waals surface area contributed by atoms with Gasteiger partial charge in [-0.3, -0.25) is 4.68 Å². The van der Waals surface area contributed by atoms with Gasteiger partial charge in [0.25, 0.3) is 10.0 Å². The van der Waals surface area contributed by atoms with Crippen LogP contribution in [0.2, 0.25) is 0 Å². The average Bonchev–Trinajstić information content (AvgIpc) is 2.59. The molecular weight excluding hydrogens is 240 g/mol. The van der Waals surface area contributed by atoms with Gasteiger partial charge < -0.3 is 5.73 Å². The van der Waals surface area contributed by atoms with Gasteiger partial charge in [-0.05, 0) is 12.0 Å². The van der Waals surface area contributed by atoms with Crippen LogP contribution in [-0.2, 0) is 17.1 Å². The summed E-state index contributed by atoms with van der Waals surface area (Å²) >= 11 is 0. The number of aryl methyl sites for hydroxylation is 1. The summed E-state index contributed by atoms with van der Waals surface area (Å²) in [6.45, 7) is 4.76. The van der Waals surface area contributed by atoms with E-state index in [0.717, 1.165) is 0 Å². The molecule has 0 unspecified atom stereocenters. The van der Waals surface area contributed by atoms with Crippen molar-refractivity contribution in [3.05, 3.63) is 12.3 Å². The average molecular weight is 258 g/mol. The van der Waals surface area contributed by atoms with Crippen LogP contribution < -0.4 is 5.73 Å². The number of rotatable bonds is 3. The van der Waals surface area contributed by atoms with Crippen molar-refractivity contribution in [3.8, 4) is 0 Å². The molecule has 1 fully saturated rings. The van der Waals surface area contributed by atoms with Crippen molar-refractivity contribution in [3.63, 3.8) is 0 Å². The molecule has 0 amide bonds. The van der Waals surface area contributed by atoms with Crippen LogP contribution >= 0.6 is 0 Å². The molecule has 1 aromatic rings. The molecule has 96 valence electrons. The quantitative estimate of drug-likeness (QED) is 0.812. The van der Waals surface area contributed by atoms with E-state index in [1.165, 1.54) is 21.3 Å². The predicted octanol–water partition coefficient (Wildman–Crippen LogP) is -0.222. The molecule has 0 aromatic carbocycles. The van der Waals surface area contributed by atoms with E-state index in [-0.39, 0.29) is 10.9 Å². The maximum absolute atomic E-state index is 12.2. The third kappa shape index (κ3) is 1.88. The smallest absolute Gasteiger partial charge is 0.260 e. The summed E-state index contributed by atoms with van der Waals surface area (Å²) in [7, 11) is -1.82. The molecule has 0 radical (unpaired) electrons. The molecule has 0 atom stereocenters. The molecule has 0 bridgehead atoms. The van der Waals surface area contributed by atoms with Crippen molar-refractivity contribution in [2.45, 2.75) is 24.4 Å². The number of sulfonamides is 1. The van der Waals surface area contributed by atoms with Crippen molar-refractivity contribution >= 4 is 10.0 Å². The zero-order valence-electron chi connectivity index (χ0n) is 10.3. The van der Waals surface area contributed by atoms with Gasteiger partial charge in [-0.1, -0.05) is 13.8 Å². The second-order valence-electron chi connectivity index (χ2n) is 4.95. The monoisotopic (exact) mass is 258 g/mol. The lowest BCUT2D eigenvalue weighted by Gasteiger charge is -2.49. The highest BCUT2D eigenvalue weighted by Gasteiger charge is 2.48. The Morgan fingerprint density at radius 3 is 2.47 bits per heavy atom. The summed E-state index contributed by atoms with van der Waals surface area (Å²) in [5.74, 6) is 0.264. The largest absolute Gasteiger partial charge is 0.323 e. The third-order valence-electron chi connectivity index (χ3n) is 3.47. The van der Waals surface area contributed by atoms with Gasteiger partial charge in [0.05, 0.1) is 6.20 Å². The second-order valence-corrected chi connectivity index (χ2v) is 6.84. The lowest BCUT2D eigenvalue weighted by Crippen LogP contribution is -2.70. The highest BCUT2D eigenvalue weighted by atomic mass is 32.2. The summed E-state index contributed by atoms with van der Waals surface area (Å²) in [5, 5.41) is 4.09. The molecule has 0 spiro atoms. The normalized spacial score (nSPS) is 20.5. The zero-order valence-corrected chi connectivity index (χ0v) is 11.1. The molecule has 1 aromatic heterocycles. The molecule has 1 saturated heterocycles. The molecule has 1 aliphatic heterocycles. The number of hydrogen-bond acceptors (Lipinski definition) is 4. The first kappa shape index (κ1) is 12.5. The highest BCUT2D eigenvalue weighted by molar-refractivity contribution is 7.89. The lowest BCUT2D eigenvalue weighted by atomic mass is 9.82. The van der Waals surface area contributed by atoms with E-state index in [2.05, 4.69) is 5.10 Å². The molecule has 17 heavy (non-hydrogen) atoms. The first-order chi connectivity index (χ1) is 7.77. The molecule has 6 nitrogen and oxygen atoms in total. The van der Waals surface area contributed by atoms with E-state index >= 15 is 0 Å². The minimum atomic E-state index is -3.44. The summed E-state index contributed by atoms with van der Waals surface area (Å²) in [5.41, 5.74) is 5.70. The van der Waals surface area contributed by atoms with Gasteiger partial charge in [-0.25, -0.2) is 8.42 Å². The van der Waals surface area contributed by atoms with E-state index in [4.69, 9.17) is 5.73 Å². The fraction of sp³-hybridized carbons (Fsp3) is 0.700. The van der Waals surface area contributed by atoms with Gasteiger partial charge in [0.1, 0.15) is 0 Å². The van der Waals surface area contributed by atoms with Crippen LogP contribution in [0.3, 0.4) is 0 Å². The summed E-state index contributed by atoms with van der Waals surface area (Å²) < 4.78 is 27.2. The Hall–Kier alpha value is -0.920. The summed E-state index contributed by atoms with van der Waals surface area (Å²) in [4.78, 5) is 0. The molecule has 2 N–H and O–H groups in total. The Labute approximate surface area is 101 Å². The molecule has 0 aliphatic carbocycles. The van der Waals surface area contributed by atoms with Crippen molar-refractivity contribution in [2.75, 3.05) is 13.1 Å². The van der Waals surface area contributed by atoms with Crippen LogP contribution in [0.15, 0.2) is 17.3 Å². The number of nitrogens with two attached hydrogens (primary N) is 1. The van der Waals surface area contributed by atoms with E-state index in [1.54, 1.807) is 7.05 Å². The Kier molecular flexibility index (Phi) is 2.80. The first-order valence-electron chi connectivity index (χ1n) is 5.54. The standard InChI is InChI=1S/C10H18N4O2S/c1-8(2)10(11)6-14(7-10)17(15,16)9-4-5-12-13(9)3/h4-5,8H,6-7,11H2,1-3H3. The van der Waals surface area contributed by atoms with Crippen LogP contribution in [0.5, 0.6) is 0 Å². The molecule has 7 heteroatoms. The lowest BCUT2D eigenvalue weighted by molar-refractivity contribution is 0.110. The van der Waals surface area contributed by atoms with Gasteiger partial charge in [0.2, 0.25) is 0 Å². The fourth-order valence-corrected chi connectivity index (χ4v) is 3.59. The summed E-state index contributed by atoms with van der Waals surface area (Å²) in [6.07, 6.45) is 1.48. The van der Waals surface area contributed by atoms with E-state index in [1.807, 2.05) is 13.8 Å². The van der Waals surface area contributed by atoms with E-state index in [9.17, 15) is 8.42 Å². The SMILES string of the molecule is CC(C)C1(N)CN(S(=O)(=O)c2ccnn2C)C1. The maximum atomic E-state index is 12.2. The minimum Gasteiger partial charge on any atom is -0.323 e. The molecular formula is C10H18N4O2S. The van der Waals surface area contributed by atoms with Crippen molar-refractivity contribution in [1.82, 2.24) is 14.1 Å². The minimum absolute atomic E-state index is 0.211. The third-order valence-corrected chi connectivity index (χ3v) is 5.34. The Morgan fingerprint density at radius 1 is 1.47 bits per heavy atom. The molecule has 2 heterocycles. The van der Waals surface area contributed by atoms with Crippen LogP contribution in [0.25, 0.3) is 0 Å². The molecule has 1 aliphatic rings. The first-order valence-corrected chi connectivity index (χ1v) is 6.98. The van der Waals surface area contributed by atoms with Crippen molar-refractivity contribution in [2.24, 2.45) is 18.7 Å². The Bertz CT molecular complexity index is 514. The van der Waals surface area contributed by atoms with Gasteiger partial charge in [0.15, 0.2) is 5.03 Å². The topological polar surface area (TPSA) is 81.2 Å². The van der Waals surface area contributed by atoms with Crippen LogP contribution in [-0.4, -0.2) is 41.1 Å². The maximum Gasteiger partial charge on any atom is 0.260 e. The Morgan fingerprint density at radius 2 is 2.06 bits per heavy atom. The molecule has 2 rings (SSSR count). The van der Waals surface area contributed by atoms with Crippen molar-refractivity contribution in [1.29, 1.82) is 0 Å².